The lowest BCUT2D eigenvalue weighted by molar-refractivity contribution is -0.136. The van der Waals surface area contributed by atoms with Gasteiger partial charge in [-0.2, -0.15) is 0 Å². The fraction of sp³-hybridized carbons (Fsp3) is 0.417. The first-order valence-electron chi connectivity index (χ1n) is 5.31. The fourth-order valence-electron chi connectivity index (χ4n) is 1.50. The lowest BCUT2D eigenvalue weighted by Crippen LogP contribution is -2.25. The molecule has 1 rings (SSSR count). The van der Waals surface area contributed by atoms with Gasteiger partial charge in [-0.25, -0.2) is 0 Å². The van der Waals surface area contributed by atoms with Gasteiger partial charge in [0.15, 0.2) is 0 Å². The van der Waals surface area contributed by atoms with E-state index in [1.165, 1.54) is 0 Å². The molecule has 17 heavy (non-hydrogen) atoms. The van der Waals surface area contributed by atoms with Crippen LogP contribution >= 0.6 is 0 Å². The van der Waals surface area contributed by atoms with Crippen molar-refractivity contribution in [3.05, 3.63) is 29.8 Å². The summed E-state index contributed by atoms with van der Waals surface area (Å²) >= 11 is 0. The molecule has 2 atom stereocenters. The van der Waals surface area contributed by atoms with E-state index in [1.807, 2.05) is 6.07 Å². The van der Waals surface area contributed by atoms with Crippen LogP contribution in [0.15, 0.2) is 24.3 Å². The van der Waals surface area contributed by atoms with E-state index in [4.69, 9.17) is 9.84 Å². The van der Waals surface area contributed by atoms with Crippen LogP contribution in [0, 0.1) is 0 Å². The smallest absolute Gasteiger partial charge is 0.319 e. The molecule has 0 aliphatic heterocycles. The molecule has 0 saturated carbocycles. The number of hydrogen-bond donors (Lipinski definition) is 1. The van der Waals surface area contributed by atoms with E-state index in [-0.39, 0.29) is 5.75 Å². The summed E-state index contributed by atoms with van der Waals surface area (Å²) in [5.74, 6) is -0.0845. The van der Waals surface area contributed by atoms with E-state index in [0.29, 0.717) is 12.2 Å². The molecule has 0 heterocycles. The van der Waals surface area contributed by atoms with Crippen LogP contribution in [-0.2, 0) is 21.3 Å². The molecule has 0 aliphatic carbocycles. The highest BCUT2D eigenvalue weighted by Crippen LogP contribution is 2.16. The van der Waals surface area contributed by atoms with E-state index in [1.54, 1.807) is 32.2 Å². The molecule has 1 aromatic rings. The summed E-state index contributed by atoms with van der Waals surface area (Å²) in [5.41, 5.74) is 0.822. The zero-order valence-electron chi connectivity index (χ0n) is 9.88. The third-order valence-electron chi connectivity index (χ3n) is 2.41. The Kier molecular flexibility index (Phi) is 5.15. The number of ether oxygens (including phenoxy) is 1. The summed E-state index contributed by atoms with van der Waals surface area (Å²) in [6, 6.07) is 7.18. The molecule has 4 nitrogen and oxygen atoms in total. The molecule has 94 valence electrons. The van der Waals surface area contributed by atoms with Gasteiger partial charge in [0.2, 0.25) is 0 Å². The highest BCUT2D eigenvalue weighted by atomic mass is 32.2. The van der Waals surface area contributed by atoms with Crippen molar-refractivity contribution in [2.45, 2.75) is 24.3 Å². The molecule has 0 spiro atoms. The standard InChI is InChI=1S/C12H16O4S/c1-3-11(12(13)14)17(15)8-9-5-4-6-10(7-9)16-2/h4-7,11H,3,8H2,1-2H3,(H,13,14). The van der Waals surface area contributed by atoms with Crippen LogP contribution in [0.1, 0.15) is 18.9 Å². The Hall–Kier alpha value is -1.36. The number of aliphatic carboxylic acids is 1. The summed E-state index contributed by atoms with van der Waals surface area (Å²) in [6.45, 7) is 1.72. The lowest BCUT2D eigenvalue weighted by atomic mass is 10.2. The SMILES string of the molecule is CCC(C(=O)O)S(=O)Cc1cccc(OC)c1. The third kappa shape index (κ3) is 3.85. The molecule has 0 aliphatic rings. The molecule has 2 unspecified atom stereocenters. The van der Waals surface area contributed by atoms with Crippen LogP contribution in [0.25, 0.3) is 0 Å². The topological polar surface area (TPSA) is 63.6 Å². The van der Waals surface area contributed by atoms with Crippen molar-refractivity contribution in [2.24, 2.45) is 0 Å². The van der Waals surface area contributed by atoms with E-state index in [2.05, 4.69) is 0 Å². The van der Waals surface area contributed by atoms with Gasteiger partial charge >= 0.3 is 5.97 Å². The van der Waals surface area contributed by atoms with Crippen LogP contribution < -0.4 is 4.74 Å². The van der Waals surface area contributed by atoms with E-state index in [9.17, 15) is 9.00 Å². The van der Waals surface area contributed by atoms with Gasteiger partial charge in [0.1, 0.15) is 11.0 Å². The van der Waals surface area contributed by atoms with Crippen molar-refractivity contribution in [1.82, 2.24) is 0 Å². The second-order valence-electron chi connectivity index (χ2n) is 3.61. The molecule has 0 aromatic heterocycles. The second kappa shape index (κ2) is 6.39. The second-order valence-corrected chi connectivity index (χ2v) is 5.23. The number of methoxy groups -OCH3 is 1. The maximum absolute atomic E-state index is 11.9. The molecule has 0 bridgehead atoms. The molecular weight excluding hydrogens is 240 g/mol. The molecule has 0 radical (unpaired) electrons. The van der Waals surface area contributed by atoms with Gasteiger partial charge in [0.05, 0.1) is 7.11 Å². The number of carbonyl (C=O) groups is 1. The summed E-state index contributed by atoms with van der Waals surface area (Å²) in [6.07, 6.45) is 0.367. The van der Waals surface area contributed by atoms with Gasteiger partial charge in [0, 0.05) is 16.6 Å². The van der Waals surface area contributed by atoms with Gasteiger partial charge in [-0.3, -0.25) is 9.00 Å². The molecule has 5 heteroatoms. The molecule has 1 aromatic carbocycles. The minimum atomic E-state index is -1.40. The quantitative estimate of drug-likeness (QED) is 0.843. The molecule has 0 amide bonds. The van der Waals surface area contributed by atoms with E-state index < -0.39 is 22.0 Å². The van der Waals surface area contributed by atoms with Gasteiger partial charge < -0.3 is 9.84 Å². The highest BCUT2D eigenvalue weighted by Gasteiger charge is 2.22. The van der Waals surface area contributed by atoms with Gasteiger partial charge in [-0.05, 0) is 24.1 Å². The Morgan fingerprint density at radius 2 is 2.24 bits per heavy atom. The van der Waals surface area contributed by atoms with Crippen LogP contribution in [-0.4, -0.2) is 27.6 Å². The zero-order chi connectivity index (χ0) is 12.8. The van der Waals surface area contributed by atoms with Crippen LogP contribution in [0.4, 0.5) is 0 Å². The van der Waals surface area contributed by atoms with E-state index in [0.717, 1.165) is 5.56 Å². The third-order valence-corrected chi connectivity index (χ3v) is 4.19. The maximum Gasteiger partial charge on any atom is 0.319 e. The van der Waals surface area contributed by atoms with Gasteiger partial charge in [0.25, 0.3) is 0 Å². The molecular formula is C12H16O4S. The Morgan fingerprint density at radius 1 is 1.53 bits per heavy atom. The minimum absolute atomic E-state index is 0.238. The monoisotopic (exact) mass is 256 g/mol. The average molecular weight is 256 g/mol. The van der Waals surface area contributed by atoms with Crippen molar-refractivity contribution in [2.75, 3.05) is 7.11 Å². The minimum Gasteiger partial charge on any atom is -0.497 e. The predicted octanol–water partition coefficient (Wildman–Crippen LogP) is 1.81. The molecule has 1 N–H and O–H groups in total. The number of benzene rings is 1. The first-order valence-corrected chi connectivity index (χ1v) is 6.69. The van der Waals surface area contributed by atoms with Gasteiger partial charge in [-0.15, -0.1) is 0 Å². The van der Waals surface area contributed by atoms with Crippen molar-refractivity contribution in [1.29, 1.82) is 0 Å². The Labute approximate surface area is 103 Å². The maximum atomic E-state index is 11.9. The van der Waals surface area contributed by atoms with Crippen LogP contribution in [0.3, 0.4) is 0 Å². The number of carboxylic acid groups (broad SMARTS) is 1. The normalized spacial score (nSPS) is 14.0. The van der Waals surface area contributed by atoms with E-state index >= 15 is 0 Å². The first kappa shape index (κ1) is 13.7. The largest absolute Gasteiger partial charge is 0.497 e. The number of carboxylic acids is 1. The van der Waals surface area contributed by atoms with Gasteiger partial charge in [-0.1, -0.05) is 19.1 Å². The molecule has 0 fully saturated rings. The fourth-order valence-corrected chi connectivity index (χ4v) is 2.81. The number of hydrogen-bond acceptors (Lipinski definition) is 3. The van der Waals surface area contributed by atoms with Crippen molar-refractivity contribution >= 4 is 16.8 Å². The first-order chi connectivity index (χ1) is 8.08. The number of rotatable bonds is 6. The average Bonchev–Trinajstić information content (AvgIpc) is 2.29. The summed E-state index contributed by atoms with van der Waals surface area (Å²) in [4.78, 5) is 10.9. The van der Waals surface area contributed by atoms with Crippen molar-refractivity contribution in [3.63, 3.8) is 0 Å². The Morgan fingerprint density at radius 3 is 2.76 bits per heavy atom. The summed E-state index contributed by atoms with van der Waals surface area (Å²) < 4.78 is 16.9. The Bertz CT molecular complexity index is 417. The van der Waals surface area contributed by atoms with Crippen LogP contribution in [0.2, 0.25) is 0 Å². The summed E-state index contributed by atoms with van der Waals surface area (Å²) in [7, 11) is 0.153. The Balaban J connectivity index is 2.76. The zero-order valence-corrected chi connectivity index (χ0v) is 10.7. The van der Waals surface area contributed by atoms with Crippen molar-refractivity contribution < 1.29 is 18.8 Å². The van der Waals surface area contributed by atoms with Crippen molar-refractivity contribution in [3.8, 4) is 5.75 Å². The highest BCUT2D eigenvalue weighted by molar-refractivity contribution is 7.85. The summed E-state index contributed by atoms with van der Waals surface area (Å²) in [5, 5.41) is 8.10. The van der Waals surface area contributed by atoms with Crippen LogP contribution in [0.5, 0.6) is 5.75 Å². The predicted molar refractivity (Wildman–Crippen MR) is 66.6 cm³/mol. The lowest BCUT2D eigenvalue weighted by Gasteiger charge is -2.10. The molecule has 0 saturated heterocycles.